The van der Waals surface area contributed by atoms with E-state index in [1.807, 2.05) is 81.4 Å². The van der Waals surface area contributed by atoms with Gasteiger partial charge in [0.1, 0.15) is 18.0 Å². The van der Waals surface area contributed by atoms with Crippen LogP contribution in [0.1, 0.15) is 42.3 Å². The quantitative estimate of drug-likeness (QED) is 0.574. The van der Waals surface area contributed by atoms with Crippen molar-refractivity contribution in [2.75, 3.05) is 0 Å². The predicted molar refractivity (Wildman–Crippen MR) is 114 cm³/mol. The van der Waals surface area contributed by atoms with Gasteiger partial charge < -0.3 is 14.6 Å². The summed E-state index contributed by atoms with van der Waals surface area (Å²) >= 11 is 0. The first-order valence-corrected chi connectivity index (χ1v) is 9.60. The number of hydrogen-bond donors (Lipinski definition) is 1. The molecule has 0 spiro atoms. The molecule has 0 aliphatic carbocycles. The Hall–Kier alpha value is -3.11. The molecule has 0 aliphatic rings. The maximum absolute atomic E-state index is 12.3. The lowest BCUT2D eigenvalue weighted by atomic mass is 10.0. The Bertz CT molecular complexity index is 954. The number of aliphatic hydroxyl groups excluding tert-OH is 1. The average Bonchev–Trinajstić information content (AvgIpc) is 2.72. The van der Waals surface area contributed by atoms with Gasteiger partial charge in [0.25, 0.3) is 0 Å². The van der Waals surface area contributed by atoms with Gasteiger partial charge in [-0.15, -0.1) is 0 Å². The van der Waals surface area contributed by atoms with Crippen molar-refractivity contribution in [1.82, 2.24) is 0 Å². The molecular formula is C25H26O4. The van der Waals surface area contributed by atoms with Crippen LogP contribution in [-0.2, 0) is 18.0 Å². The molecule has 0 amide bonds. The first-order chi connectivity index (χ1) is 13.9. The van der Waals surface area contributed by atoms with Crippen molar-refractivity contribution in [3.8, 4) is 16.9 Å². The van der Waals surface area contributed by atoms with Crippen molar-refractivity contribution in [3.63, 3.8) is 0 Å². The summed E-state index contributed by atoms with van der Waals surface area (Å²) in [5, 5.41) is 9.53. The Morgan fingerprint density at radius 2 is 1.59 bits per heavy atom. The molecule has 3 rings (SSSR count). The number of hydrogen-bond acceptors (Lipinski definition) is 4. The van der Waals surface area contributed by atoms with Crippen molar-refractivity contribution in [1.29, 1.82) is 0 Å². The largest absolute Gasteiger partial charge is 0.488 e. The van der Waals surface area contributed by atoms with Gasteiger partial charge in [-0.05, 0) is 61.7 Å². The number of rotatable bonds is 6. The van der Waals surface area contributed by atoms with Crippen molar-refractivity contribution in [3.05, 3.63) is 89.5 Å². The highest BCUT2D eigenvalue weighted by Crippen LogP contribution is 2.32. The molecule has 4 nitrogen and oxygen atoms in total. The number of carbonyl (C=O) groups excluding carboxylic acids is 1. The fourth-order valence-electron chi connectivity index (χ4n) is 2.89. The van der Waals surface area contributed by atoms with Crippen molar-refractivity contribution < 1.29 is 19.4 Å². The number of esters is 1. The van der Waals surface area contributed by atoms with Crippen LogP contribution in [0.3, 0.4) is 0 Å². The topological polar surface area (TPSA) is 55.8 Å². The number of benzene rings is 3. The monoisotopic (exact) mass is 390 g/mol. The van der Waals surface area contributed by atoms with E-state index in [2.05, 4.69) is 0 Å². The van der Waals surface area contributed by atoms with Crippen LogP contribution in [0.2, 0.25) is 0 Å². The van der Waals surface area contributed by atoms with E-state index in [-0.39, 0.29) is 12.6 Å². The highest BCUT2D eigenvalue weighted by Gasteiger charge is 2.18. The second-order valence-corrected chi connectivity index (χ2v) is 7.84. The van der Waals surface area contributed by atoms with Gasteiger partial charge in [-0.3, -0.25) is 0 Å². The summed E-state index contributed by atoms with van der Waals surface area (Å²) in [5.74, 6) is 0.366. The molecule has 0 bridgehead atoms. The molecule has 150 valence electrons. The molecule has 0 saturated carbocycles. The third kappa shape index (κ3) is 5.69. The normalized spacial score (nSPS) is 11.2. The molecule has 3 aromatic carbocycles. The summed E-state index contributed by atoms with van der Waals surface area (Å²) in [5.41, 5.74) is 3.59. The molecule has 0 unspecified atom stereocenters. The molecule has 0 aromatic heterocycles. The molecule has 1 N–H and O–H groups in total. The van der Waals surface area contributed by atoms with Crippen molar-refractivity contribution in [2.24, 2.45) is 0 Å². The Morgan fingerprint density at radius 1 is 0.897 bits per heavy atom. The highest BCUT2D eigenvalue weighted by molar-refractivity contribution is 5.90. The summed E-state index contributed by atoms with van der Waals surface area (Å²) in [6.07, 6.45) is 0. The lowest BCUT2D eigenvalue weighted by molar-refractivity contribution is 0.00695. The van der Waals surface area contributed by atoms with Crippen LogP contribution in [0.5, 0.6) is 5.75 Å². The lowest BCUT2D eigenvalue weighted by Crippen LogP contribution is -2.23. The maximum Gasteiger partial charge on any atom is 0.338 e. The van der Waals surface area contributed by atoms with E-state index in [1.165, 1.54) is 0 Å². The second-order valence-electron chi connectivity index (χ2n) is 7.84. The van der Waals surface area contributed by atoms with E-state index >= 15 is 0 Å². The zero-order valence-electron chi connectivity index (χ0n) is 17.0. The van der Waals surface area contributed by atoms with E-state index < -0.39 is 5.60 Å². The summed E-state index contributed by atoms with van der Waals surface area (Å²) in [6, 6.07) is 22.8. The third-order valence-corrected chi connectivity index (χ3v) is 4.29. The van der Waals surface area contributed by atoms with Gasteiger partial charge in [-0.25, -0.2) is 4.79 Å². The van der Waals surface area contributed by atoms with Gasteiger partial charge in [0, 0.05) is 5.56 Å². The number of carbonyl (C=O) groups is 1. The van der Waals surface area contributed by atoms with Crippen LogP contribution in [0.25, 0.3) is 11.1 Å². The molecule has 0 fully saturated rings. The van der Waals surface area contributed by atoms with Gasteiger partial charge >= 0.3 is 5.97 Å². The molecular weight excluding hydrogens is 364 g/mol. The smallest absolute Gasteiger partial charge is 0.338 e. The Kier molecular flexibility index (Phi) is 6.35. The highest BCUT2D eigenvalue weighted by atomic mass is 16.6. The van der Waals surface area contributed by atoms with E-state index in [0.717, 1.165) is 28.0 Å². The fraction of sp³-hybridized carbons (Fsp3) is 0.240. The number of aliphatic hydroxyl groups is 1. The fourth-order valence-corrected chi connectivity index (χ4v) is 2.89. The zero-order valence-corrected chi connectivity index (χ0v) is 17.0. The second kappa shape index (κ2) is 8.93. The Morgan fingerprint density at radius 3 is 2.21 bits per heavy atom. The minimum Gasteiger partial charge on any atom is -0.488 e. The summed E-state index contributed by atoms with van der Waals surface area (Å²) < 4.78 is 11.5. The van der Waals surface area contributed by atoms with Crippen LogP contribution in [0.15, 0.2) is 72.8 Å². The van der Waals surface area contributed by atoms with Crippen LogP contribution in [-0.4, -0.2) is 16.7 Å². The van der Waals surface area contributed by atoms with Crippen LogP contribution in [0, 0.1) is 0 Å². The van der Waals surface area contributed by atoms with Gasteiger partial charge in [0.2, 0.25) is 0 Å². The molecule has 29 heavy (non-hydrogen) atoms. The molecule has 0 radical (unpaired) electrons. The maximum atomic E-state index is 12.3. The summed E-state index contributed by atoms with van der Waals surface area (Å²) in [6.45, 7) is 5.92. The first-order valence-electron chi connectivity index (χ1n) is 9.60. The van der Waals surface area contributed by atoms with Crippen LogP contribution >= 0.6 is 0 Å². The van der Waals surface area contributed by atoms with Gasteiger partial charge in [-0.2, -0.15) is 0 Å². The molecule has 0 heterocycles. The van der Waals surface area contributed by atoms with Crippen LogP contribution < -0.4 is 4.74 Å². The van der Waals surface area contributed by atoms with Gasteiger partial charge in [-0.1, -0.05) is 48.5 Å². The van der Waals surface area contributed by atoms with Crippen molar-refractivity contribution >= 4 is 5.97 Å². The standard InChI is InChI=1S/C25H26O4/c1-25(2,3)29-24(27)21-12-10-20(11-13-21)22-15-19(16-26)9-14-23(22)28-17-18-7-5-4-6-8-18/h4-15,26H,16-17H2,1-3H3. The predicted octanol–water partition coefficient (Wildman–Crippen LogP) is 5.38. The van der Waals surface area contributed by atoms with Crippen LogP contribution in [0.4, 0.5) is 0 Å². The van der Waals surface area contributed by atoms with E-state index in [9.17, 15) is 9.90 Å². The third-order valence-electron chi connectivity index (χ3n) is 4.29. The molecule has 3 aromatic rings. The van der Waals surface area contributed by atoms with Crippen molar-refractivity contribution in [2.45, 2.75) is 39.6 Å². The Balaban J connectivity index is 1.85. The summed E-state index contributed by atoms with van der Waals surface area (Å²) in [7, 11) is 0. The van der Waals surface area contributed by atoms with E-state index in [4.69, 9.17) is 9.47 Å². The minimum absolute atomic E-state index is 0.0536. The van der Waals surface area contributed by atoms with Gasteiger partial charge in [0.15, 0.2) is 0 Å². The molecule has 0 atom stereocenters. The number of ether oxygens (including phenoxy) is 2. The minimum atomic E-state index is -0.538. The SMILES string of the molecule is CC(C)(C)OC(=O)c1ccc(-c2cc(CO)ccc2OCc2ccccc2)cc1. The zero-order chi connectivity index (χ0) is 20.9. The summed E-state index contributed by atoms with van der Waals surface area (Å²) in [4.78, 5) is 12.3. The van der Waals surface area contributed by atoms with Gasteiger partial charge in [0.05, 0.1) is 12.2 Å². The molecule has 4 heteroatoms. The van der Waals surface area contributed by atoms with E-state index in [0.29, 0.717) is 12.2 Å². The van der Waals surface area contributed by atoms with E-state index in [1.54, 1.807) is 12.1 Å². The lowest BCUT2D eigenvalue weighted by Gasteiger charge is -2.19. The average molecular weight is 390 g/mol. The molecule has 0 saturated heterocycles. The first kappa shape index (κ1) is 20.6. The molecule has 0 aliphatic heterocycles. The Labute approximate surface area is 171 Å².